The van der Waals surface area contributed by atoms with E-state index in [0.717, 1.165) is 35.2 Å². The van der Waals surface area contributed by atoms with Gasteiger partial charge in [0, 0.05) is 35.3 Å². The molecule has 1 aromatic carbocycles. The summed E-state index contributed by atoms with van der Waals surface area (Å²) in [6.45, 7) is 4.52. The number of fused-ring (bicyclic) bond motifs is 2. The molecule has 2 saturated heterocycles. The minimum atomic E-state index is 0. The van der Waals surface area contributed by atoms with Crippen LogP contribution >= 0.6 is 28.3 Å². The van der Waals surface area contributed by atoms with Crippen molar-refractivity contribution in [3.05, 3.63) is 28.2 Å². The number of carbonyl (C=O) groups excluding carboxylic acids is 1. The van der Waals surface area contributed by atoms with E-state index in [9.17, 15) is 4.79 Å². The molecule has 0 radical (unpaired) electrons. The summed E-state index contributed by atoms with van der Waals surface area (Å²) in [6, 6.07) is 7.13. The molecule has 4 nitrogen and oxygen atoms in total. The van der Waals surface area contributed by atoms with Crippen LogP contribution in [0.15, 0.2) is 22.7 Å². The first-order chi connectivity index (χ1) is 10.1. The van der Waals surface area contributed by atoms with E-state index in [2.05, 4.69) is 31.5 Å². The second kappa shape index (κ2) is 7.77. The number of benzene rings is 1. The molecule has 22 heavy (non-hydrogen) atoms. The number of nitrogens with zero attached hydrogens (tertiary/aromatic N) is 1. The molecule has 1 aromatic rings. The summed E-state index contributed by atoms with van der Waals surface area (Å²) in [5.41, 5.74) is 2.00. The summed E-state index contributed by atoms with van der Waals surface area (Å²) < 4.78 is 1.06. The monoisotopic (exact) mass is 387 g/mol. The average Bonchev–Trinajstić information content (AvgIpc) is 2.77. The average molecular weight is 389 g/mol. The Morgan fingerprint density at radius 1 is 1.36 bits per heavy atom. The number of hydrogen-bond donors (Lipinski definition) is 2. The molecule has 1 amide bonds. The SMILES string of the molecule is Cc1cc(NC(=O)CN2CCC3CCC(C2)N3)ccc1Br.Cl. The highest BCUT2D eigenvalue weighted by atomic mass is 79.9. The van der Waals surface area contributed by atoms with E-state index in [4.69, 9.17) is 0 Å². The lowest BCUT2D eigenvalue weighted by atomic mass is 10.1. The quantitative estimate of drug-likeness (QED) is 0.837. The number of carbonyl (C=O) groups is 1. The van der Waals surface area contributed by atoms with Crippen LogP contribution in [0.5, 0.6) is 0 Å². The van der Waals surface area contributed by atoms with E-state index in [1.165, 1.54) is 12.8 Å². The molecule has 2 unspecified atom stereocenters. The molecule has 6 heteroatoms. The third kappa shape index (κ3) is 4.44. The summed E-state index contributed by atoms with van der Waals surface area (Å²) >= 11 is 3.47. The number of rotatable bonds is 3. The lowest BCUT2D eigenvalue weighted by Gasteiger charge is -2.23. The Kier molecular flexibility index (Phi) is 6.26. The van der Waals surface area contributed by atoms with Gasteiger partial charge < -0.3 is 10.6 Å². The molecular weight excluding hydrogens is 366 g/mol. The van der Waals surface area contributed by atoms with E-state index in [1.807, 2.05) is 25.1 Å². The normalized spacial score (nSPS) is 24.5. The van der Waals surface area contributed by atoms with Crippen molar-refractivity contribution in [2.75, 3.05) is 25.0 Å². The van der Waals surface area contributed by atoms with Crippen LogP contribution in [-0.4, -0.2) is 42.5 Å². The molecule has 0 spiro atoms. The minimum Gasteiger partial charge on any atom is -0.325 e. The fraction of sp³-hybridized carbons (Fsp3) is 0.562. The van der Waals surface area contributed by atoms with E-state index in [0.29, 0.717) is 18.6 Å². The Morgan fingerprint density at radius 3 is 2.91 bits per heavy atom. The first-order valence-electron chi connectivity index (χ1n) is 7.64. The van der Waals surface area contributed by atoms with Gasteiger partial charge in [0.1, 0.15) is 0 Å². The Balaban J connectivity index is 0.00000176. The third-order valence-electron chi connectivity index (χ3n) is 4.42. The predicted molar refractivity (Wildman–Crippen MR) is 95.8 cm³/mol. The maximum atomic E-state index is 12.2. The van der Waals surface area contributed by atoms with Crippen LogP contribution in [-0.2, 0) is 4.79 Å². The number of halogens is 2. The van der Waals surface area contributed by atoms with Crippen molar-refractivity contribution >= 4 is 39.9 Å². The predicted octanol–water partition coefficient (Wildman–Crippen LogP) is 2.94. The van der Waals surface area contributed by atoms with E-state index in [1.54, 1.807) is 0 Å². The van der Waals surface area contributed by atoms with Gasteiger partial charge in [-0.2, -0.15) is 0 Å². The maximum absolute atomic E-state index is 12.2. The standard InChI is InChI=1S/C16H22BrN3O.ClH/c1-11-8-13(4-5-15(11)17)19-16(21)10-20-7-6-12-2-3-14(9-20)18-12;/h4-5,8,12,14,18H,2-3,6-7,9-10H2,1H3,(H,19,21);1H. The van der Waals surface area contributed by atoms with E-state index < -0.39 is 0 Å². The highest BCUT2D eigenvalue weighted by Gasteiger charge is 2.29. The summed E-state index contributed by atoms with van der Waals surface area (Å²) in [5, 5.41) is 6.64. The molecule has 2 aliphatic heterocycles. The van der Waals surface area contributed by atoms with Crippen molar-refractivity contribution in [3.63, 3.8) is 0 Å². The zero-order valence-electron chi connectivity index (χ0n) is 12.8. The number of anilines is 1. The molecule has 0 aliphatic carbocycles. The molecule has 3 rings (SSSR count). The lowest BCUT2D eigenvalue weighted by Crippen LogP contribution is -2.39. The van der Waals surface area contributed by atoms with E-state index in [-0.39, 0.29) is 18.3 Å². The molecule has 2 fully saturated rings. The van der Waals surface area contributed by atoms with Gasteiger partial charge in [-0.3, -0.25) is 9.69 Å². The minimum absolute atomic E-state index is 0. The van der Waals surface area contributed by atoms with Crippen molar-refractivity contribution in [3.8, 4) is 0 Å². The van der Waals surface area contributed by atoms with Gasteiger partial charge >= 0.3 is 0 Å². The Bertz CT molecular complexity index is 540. The first kappa shape index (κ1) is 17.7. The van der Waals surface area contributed by atoms with Gasteiger partial charge in [0.2, 0.25) is 5.91 Å². The van der Waals surface area contributed by atoms with Crippen LogP contribution < -0.4 is 10.6 Å². The summed E-state index contributed by atoms with van der Waals surface area (Å²) in [5.74, 6) is 0.0782. The highest BCUT2D eigenvalue weighted by molar-refractivity contribution is 9.10. The molecular formula is C16H23BrClN3O. The first-order valence-corrected chi connectivity index (χ1v) is 8.44. The molecule has 0 aromatic heterocycles. The topological polar surface area (TPSA) is 44.4 Å². The van der Waals surface area contributed by atoms with Gasteiger partial charge in [-0.1, -0.05) is 15.9 Å². The second-order valence-corrected chi connectivity index (χ2v) is 7.03. The smallest absolute Gasteiger partial charge is 0.238 e. The van der Waals surface area contributed by atoms with Gasteiger partial charge in [-0.05, 0) is 49.9 Å². The molecule has 2 N–H and O–H groups in total. The van der Waals surface area contributed by atoms with Crippen LogP contribution in [0.4, 0.5) is 5.69 Å². The molecule has 2 bridgehead atoms. The Hall–Kier alpha value is -0.620. The van der Waals surface area contributed by atoms with Crippen molar-refractivity contribution in [2.45, 2.75) is 38.3 Å². The molecule has 0 saturated carbocycles. The van der Waals surface area contributed by atoms with E-state index >= 15 is 0 Å². The second-order valence-electron chi connectivity index (χ2n) is 6.17. The number of likely N-dealkylation sites (tertiary alicyclic amines) is 1. The fourth-order valence-electron chi connectivity index (χ4n) is 3.29. The number of hydrogen-bond acceptors (Lipinski definition) is 3. The van der Waals surface area contributed by atoms with Gasteiger partial charge in [-0.25, -0.2) is 0 Å². The zero-order valence-corrected chi connectivity index (χ0v) is 15.2. The van der Waals surface area contributed by atoms with Crippen molar-refractivity contribution in [1.29, 1.82) is 0 Å². The van der Waals surface area contributed by atoms with Crippen LogP contribution in [0.2, 0.25) is 0 Å². The summed E-state index contributed by atoms with van der Waals surface area (Å²) in [7, 11) is 0. The maximum Gasteiger partial charge on any atom is 0.238 e. The molecule has 2 heterocycles. The fourth-order valence-corrected chi connectivity index (χ4v) is 3.53. The van der Waals surface area contributed by atoms with Gasteiger partial charge in [-0.15, -0.1) is 12.4 Å². The number of amides is 1. The Morgan fingerprint density at radius 2 is 2.14 bits per heavy atom. The zero-order chi connectivity index (χ0) is 14.8. The molecule has 2 aliphatic rings. The van der Waals surface area contributed by atoms with Crippen LogP contribution in [0.3, 0.4) is 0 Å². The van der Waals surface area contributed by atoms with Gasteiger partial charge in [0.05, 0.1) is 6.54 Å². The van der Waals surface area contributed by atoms with Crippen molar-refractivity contribution in [1.82, 2.24) is 10.2 Å². The lowest BCUT2D eigenvalue weighted by molar-refractivity contribution is -0.117. The summed E-state index contributed by atoms with van der Waals surface area (Å²) in [6.07, 6.45) is 3.69. The highest BCUT2D eigenvalue weighted by Crippen LogP contribution is 2.21. The third-order valence-corrected chi connectivity index (χ3v) is 5.31. The summed E-state index contributed by atoms with van der Waals surface area (Å²) in [4.78, 5) is 14.5. The largest absolute Gasteiger partial charge is 0.325 e. The van der Waals surface area contributed by atoms with Crippen LogP contribution in [0.25, 0.3) is 0 Å². The van der Waals surface area contributed by atoms with Gasteiger partial charge in [0.25, 0.3) is 0 Å². The van der Waals surface area contributed by atoms with Crippen LogP contribution in [0.1, 0.15) is 24.8 Å². The molecule has 2 atom stereocenters. The number of aryl methyl sites for hydroxylation is 1. The number of nitrogens with one attached hydrogen (secondary N) is 2. The van der Waals surface area contributed by atoms with Crippen molar-refractivity contribution < 1.29 is 4.79 Å². The van der Waals surface area contributed by atoms with Crippen LogP contribution in [0, 0.1) is 6.92 Å². The Labute approximate surface area is 146 Å². The molecule has 122 valence electrons. The van der Waals surface area contributed by atoms with Gasteiger partial charge in [0.15, 0.2) is 0 Å². The van der Waals surface area contributed by atoms with Crippen molar-refractivity contribution in [2.24, 2.45) is 0 Å².